The Balaban J connectivity index is 1.84. The van der Waals surface area contributed by atoms with E-state index < -0.39 is 0 Å². The van der Waals surface area contributed by atoms with E-state index in [0.29, 0.717) is 28.9 Å². The Kier molecular flexibility index (Phi) is 7.40. The number of imide groups is 1. The van der Waals surface area contributed by atoms with Crippen LogP contribution in [0, 0.1) is 5.92 Å². The molecule has 0 aromatic heterocycles. The van der Waals surface area contributed by atoms with Crippen molar-refractivity contribution in [2.45, 2.75) is 12.8 Å². The number of hydrogen-bond donors (Lipinski definition) is 3. The largest absolute Gasteiger partial charge is 0.493 e. The highest BCUT2D eigenvalue weighted by Gasteiger charge is 2.28. The lowest BCUT2D eigenvalue weighted by Gasteiger charge is -2.23. The highest BCUT2D eigenvalue weighted by atomic mass is 32.2. The molecule has 2 saturated heterocycles. The standard InChI is InChI=1S/C20H28N4O4S/c1-27-16-8-14(9-18-19(25)23-20(26)29-18)15(10-17(16)28-2)24-7-4-13(12-24)11-22-6-3-5-21/h8-10,13,22H,3-7,11-12,21H2,1-2H3,(H,23,25,26). The van der Waals surface area contributed by atoms with Gasteiger partial charge in [-0.25, -0.2) is 0 Å². The first-order valence-corrected chi connectivity index (χ1v) is 10.5. The Hall–Kier alpha value is -2.23. The van der Waals surface area contributed by atoms with Crippen LogP contribution >= 0.6 is 11.8 Å². The number of nitrogens with zero attached hydrogens (tertiary/aromatic N) is 1. The number of methoxy groups -OCH3 is 2. The second-order valence-electron chi connectivity index (χ2n) is 7.07. The Morgan fingerprint density at radius 2 is 2.07 bits per heavy atom. The van der Waals surface area contributed by atoms with Gasteiger partial charge >= 0.3 is 0 Å². The minimum atomic E-state index is -0.371. The number of carbonyl (C=O) groups is 2. The molecule has 0 saturated carbocycles. The second kappa shape index (κ2) is 10.00. The van der Waals surface area contributed by atoms with Crippen molar-refractivity contribution in [2.24, 2.45) is 11.7 Å². The summed E-state index contributed by atoms with van der Waals surface area (Å²) in [6.45, 7) is 4.39. The Bertz CT molecular complexity index is 799. The molecular weight excluding hydrogens is 392 g/mol. The van der Waals surface area contributed by atoms with Crippen LogP contribution in [0.4, 0.5) is 10.5 Å². The number of ether oxygens (including phenoxy) is 2. The zero-order chi connectivity index (χ0) is 20.8. The summed E-state index contributed by atoms with van der Waals surface area (Å²) in [6, 6.07) is 3.79. The molecule has 9 heteroatoms. The maximum Gasteiger partial charge on any atom is 0.290 e. The van der Waals surface area contributed by atoms with Gasteiger partial charge in [0.15, 0.2) is 11.5 Å². The average Bonchev–Trinajstić information content (AvgIpc) is 3.31. The van der Waals surface area contributed by atoms with Gasteiger partial charge in [0.25, 0.3) is 11.1 Å². The fourth-order valence-electron chi connectivity index (χ4n) is 3.59. The summed E-state index contributed by atoms with van der Waals surface area (Å²) >= 11 is 0.910. The van der Waals surface area contributed by atoms with Gasteiger partial charge in [-0.2, -0.15) is 0 Å². The van der Waals surface area contributed by atoms with E-state index in [2.05, 4.69) is 15.5 Å². The van der Waals surface area contributed by atoms with Crippen LogP contribution in [0.1, 0.15) is 18.4 Å². The number of amides is 2. The van der Waals surface area contributed by atoms with Crippen molar-refractivity contribution in [3.63, 3.8) is 0 Å². The van der Waals surface area contributed by atoms with Gasteiger partial charge < -0.3 is 25.4 Å². The maximum absolute atomic E-state index is 12.0. The summed E-state index contributed by atoms with van der Waals surface area (Å²) in [5.41, 5.74) is 7.34. The number of benzene rings is 1. The monoisotopic (exact) mass is 420 g/mol. The molecule has 3 rings (SSSR count). The molecule has 29 heavy (non-hydrogen) atoms. The third-order valence-corrected chi connectivity index (χ3v) is 5.89. The molecule has 8 nitrogen and oxygen atoms in total. The van der Waals surface area contributed by atoms with Crippen molar-refractivity contribution in [1.29, 1.82) is 0 Å². The van der Waals surface area contributed by atoms with Crippen LogP contribution in [0.25, 0.3) is 6.08 Å². The lowest BCUT2D eigenvalue weighted by Crippen LogP contribution is -2.28. The van der Waals surface area contributed by atoms with Crippen molar-refractivity contribution in [2.75, 3.05) is 51.8 Å². The molecule has 1 atom stereocenters. The van der Waals surface area contributed by atoms with Gasteiger partial charge in [0.1, 0.15) is 0 Å². The highest BCUT2D eigenvalue weighted by molar-refractivity contribution is 8.18. The number of anilines is 1. The minimum absolute atomic E-state index is 0.354. The third kappa shape index (κ3) is 5.23. The van der Waals surface area contributed by atoms with Gasteiger partial charge in [0.05, 0.1) is 19.1 Å². The molecule has 4 N–H and O–H groups in total. The maximum atomic E-state index is 12.0. The van der Waals surface area contributed by atoms with Crippen LogP contribution in [0.2, 0.25) is 0 Å². The van der Waals surface area contributed by atoms with E-state index in [-0.39, 0.29) is 11.1 Å². The summed E-state index contributed by atoms with van der Waals surface area (Å²) in [5, 5.41) is 5.41. The molecule has 2 aliphatic heterocycles. The number of nitrogens with two attached hydrogens (primary N) is 1. The third-order valence-electron chi connectivity index (χ3n) is 5.08. The molecule has 1 unspecified atom stereocenters. The zero-order valence-corrected chi connectivity index (χ0v) is 17.6. The van der Waals surface area contributed by atoms with E-state index in [1.807, 2.05) is 12.1 Å². The minimum Gasteiger partial charge on any atom is -0.493 e. The predicted octanol–water partition coefficient (Wildman–Crippen LogP) is 1.79. The number of nitrogens with one attached hydrogen (secondary N) is 2. The van der Waals surface area contributed by atoms with Gasteiger partial charge in [0, 0.05) is 30.4 Å². The number of hydrogen-bond acceptors (Lipinski definition) is 8. The van der Waals surface area contributed by atoms with Gasteiger partial charge in [-0.3, -0.25) is 14.9 Å². The van der Waals surface area contributed by atoms with E-state index >= 15 is 0 Å². The van der Waals surface area contributed by atoms with Gasteiger partial charge in [-0.1, -0.05) is 0 Å². The summed E-state index contributed by atoms with van der Waals surface area (Å²) in [4.78, 5) is 26.2. The number of thioether (sulfide) groups is 1. The normalized spacial score (nSPS) is 20.4. The van der Waals surface area contributed by atoms with Gasteiger partial charge in [-0.15, -0.1) is 0 Å². The fraction of sp³-hybridized carbons (Fsp3) is 0.500. The Morgan fingerprint density at radius 1 is 1.31 bits per heavy atom. The lowest BCUT2D eigenvalue weighted by atomic mass is 10.1. The van der Waals surface area contributed by atoms with Crippen molar-refractivity contribution >= 4 is 34.7 Å². The van der Waals surface area contributed by atoms with E-state index in [1.165, 1.54) is 0 Å². The summed E-state index contributed by atoms with van der Waals surface area (Å²) < 4.78 is 10.9. The van der Waals surface area contributed by atoms with E-state index in [1.54, 1.807) is 20.3 Å². The van der Waals surface area contributed by atoms with Crippen molar-refractivity contribution < 1.29 is 19.1 Å². The molecule has 0 radical (unpaired) electrons. The molecule has 1 aromatic rings. The average molecular weight is 421 g/mol. The van der Waals surface area contributed by atoms with Crippen LogP contribution < -0.4 is 30.7 Å². The summed E-state index contributed by atoms with van der Waals surface area (Å²) in [6.07, 6.45) is 3.80. The number of carbonyl (C=O) groups excluding carboxylic acids is 2. The van der Waals surface area contributed by atoms with Crippen LogP contribution in [-0.2, 0) is 4.79 Å². The van der Waals surface area contributed by atoms with Crippen molar-refractivity contribution in [3.8, 4) is 11.5 Å². The Labute approximate surface area is 175 Å². The zero-order valence-electron chi connectivity index (χ0n) is 16.8. The molecule has 2 amide bonds. The molecule has 1 aromatic carbocycles. The topological polar surface area (TPSA) is 106 Å². The molecular formula is C20H28N4O4S. The van der Waals surface area contributed by atoms with E-state index in [4.69, 9.17) is 15.2 Å². The highest BCUT2D eigenvalue weighted by Crippen LogP contribution is 2.39. The molecule has 2 fully saturated rings. The number of rotatable bonds is 9. The van der Waals surface area contributed by atoms with E-state index in [9.17, 15) is 9.59 Å². The fourth-order valence-corrected chi connectivity index (χ4v) is 4.26. The molecule has 2 aliphatic rings. The van der Waals surface area contributed by atoms with Gasteiger partial charge in [0.2, 0.25) is 0 Å². The predicted molar refractivity (Wildman–Crippen MR) is 116 cm³/mol. The SMILES string of the molecule is COc1cc(C=C2SC(=O)NC2=O)c(N2CCC(CNCCCN)C2)cc1OC. The van der Waals surface area contributed by atoms with Crippen LogP contribution in [0.15, 0.2) is 17.0 Å². The summed E-state index contributed by atoms with van der Waals surface area (Å²) in [7, 11) is 3.18. The molecule has 158 valence electrons. The van der Waals surface area contributed by atoms with Crippen LogP contribution in [0.5, 0.6) is 11.5 Å². The smallest absolute Gasteiger partial charge is 0.290 e. The first-order chi connectivity index (χ1) is 14.0. The van der Waals surface area contributed by atoms with Crippen molar-refractivity contribution in [1.82, 2.24) is 10.6 Å². The molecule has 0 bridgehead atoms. The molecule has 0 aliphatic carbocycles. The quantitative estimate of drug-likeness (QED) is 0.410. The first kappa shape index (κ1) is 21.5. The molecule has 0 spiro atoms. The van der Waals surface area contributed by atoms with Gasteiger partial charge in [-0.05, 0) is 62.3 Å². The Morgan fingerprint density at radius 3 is 2.72 bits per heavy atom. The second-order valence-corrected chi connectivity index (χ2v) is 8.08. The summed E-state index contributed by atoms with van der Waals surface area (Å²) in [5.74, 6) is 1.38. The van der Waals surface area contributed by atoms with Crippen molar-refractivity contribution in [3.05, 3.63) is 22.6 Å². The van der Waals surface area contributed by atoms with E-state index in [0.717, 1.165) is 62.0 Å². The first-order valence-electron chi connectivity index (χ1n) is 9.72. The van der Waals surface area contributed by atoms with Crippen LogP contribution in [-0.4, -0.2) is 58.1 Å². The molecule has 2 heterocycles. The van der Waals surface area contributed by atoms with Crippen LogP contribution in [0.3, 0.4) is 0 Å². The lowest BCUT2D eigenvalue weighted by molar-refractivity contribution is -0.115.